The van der Waals surface area contributed by atoms with Gasteiger partial charge >= 0.3 is 6.18 Å². The van der Waals surface area contributed by atoms with E-state index in [1.807, 2.05) is 0 Å². The maximum Gasteiger partial charge on any atom is 0.452 e. The maximum atomic E-state index is 12.4. The summed E-state index contributed by atoms with van der Waals surface area (Å²) in [5, 5.41) is 0.153. The molecular weight excluding hydrogens is 309 g/mol. The Bertz CT molecular complexity index is 621. The lowest BCUT2D eigenvalue weighted by Gasteiger charge is -2.15. The summed E-state index contributed by atoms with van der Waals surface area (Å²) in [6.07, 6.45) is -4.54. The SMILES string of the molecule is CN(c1ccc(C(N)=S)cc1)c1nc(C(F)(F)F)ns1. The van der Waals surface area contributed by atoms with Crippen LogP contribution in [0.1, 0.15) is 11.4 Å². The summed E-state index contributed by atoms with van der Waals surface area (Å²) >= 11 is 5.51. The molecule has 0 aliphatic rings. The Morgan fingerprint density at radius 3 is 2.35 bits per heavy atom. The fourth-order valence-electron chi connectivity index (χ4n) is 1.43. The van der Waals surface area contributed by atoms with Crippen molar-refractivity contribution in [2.45, 2.75) is 6.18 Å². The molecule has 1 aromatic heterocycles. The van der Waals surface area contributed by atoms with Crippen LogP contribution in [-0.2, 0) is 6.18 Å². The molecule has 0 aliphatic heterocycles. The molecule has 0 aliphatic carbocycles. The van der Waals surface area contributed by atoms with E-state index in [1.54, 1.807) is 31.3 Å². The third-order valence-corrected chi connectivity index (χ3v) is 3.52. The quantitative estimate of drug-likeness (QED) is 0.882. The number of aromatic nitrogens is 2. The minimum absolute atomic E-state index is 0.153. The third kappa shape index (κ3) is 3.05. The number of alkyl halides is 3. The van der Waals surface area contributed by atoms with Crippen molar-refractivity contribution in [2.75, 3.05) is 11.9 Å². The summed E-state index contributed by atoms with van der Waals surface area (Å²) < 4.78 is 40.6. The molecule has 0 atom stereocenters. The molecule has 0 spiro atoms. The Morgan fingerprint density at radius 1 is 1.30 bits per heavy atom. The molecule has 2 aromatic rings. The fraction of sp³-hybridized carbons (Fsp3) is 0.182. The Kier molecular flexibility index (Phi) is 3.91. The first kappa shape index (κ1) is 14.7. The number of rotatable bonds is 3. The number of anilines is 2. The number of hydrogen-bond donors (Lipinski definition) is 1. The molecule has 2 N–H and O–H groups in total. The van der Waals surface area contributed by atoms with E-state index >= 15 is 0 Å². The van der Waals surface area contributed by atoms with Gasteiger partial charge in [-0.2, -0.15) is 22.5 Å². The van der Waals surface area contributed by atoms with Crippen molar-refractivity contribution in [3.05, 3.63) is 35.7 Å². The van der Waals surface area contributed by atoms with Crippen LogP contribution in [0, 0.1) is 0 Å². The predicted octanol–water partition coefficient (Wildman–Crippen LogP) is 2.96. The van der Waals surface area contributed by atoms with Gasteiger partial charge in [-0.05, 0) is 24.3 Å². The standard InChI is InChI=1S/C11H9F3N4S2/c1-18(7-4-2-6(3-5-7)8(15)19)10-16-9(17-20-10)11(12,13)14/h2-5H,1H3,(H2,15,19). The lowest BCUT2D eigenvalue weighted by Crippen LogP contribution is -2.12. The number of thiocarbonyl (C=S) groups is 1. The zero-order valence-corrected chi connectivity index (χ0v) is 11.8. The Morgan fingerprint density at radius 2 is 1.90 bits per heavy atom. The van der Waals surface area contributed by atoms with Crippen LogP contribution >= 0.6 is 23.8 Å². The van der Waals surface area contributed by atoms with Crippen LogP contribution in [0.4, 0.5) is 24.0 Å². The molecule has 0 fully saturated rings. The van der Waals surface area contributed by atoms with E-state index in [4.69, 9.17) is 18.0 Å². The number of nitrogens with zero attached hydrogens (tertiary/aromatic N) is 3. The summed E-state index contributed by atoms with van der Waals surface area (Å²) in [5.74, 6) is -1.14. The zero-order valence-electron chi connectivity index (χ0n) is 10.2. The van der Waals surface area contributed by atoms with Gasteiger partial charge in [0.15, 0.2) is 0 Å². The normalized spacial score (nSPS) is 11.4. The molecule has 2 rings (SSSR count). The van der Waals surface area contributed by atoms with E-state index in [0.29, 0.717) is 22.8 Å². The monoisotopic (exact) mass is 318 g/mol. The highest BCUT2D eigenvalue weighted by atomic mass is 32.1. The molecule has 0 saturated heterocycles. The smallest absolute Gasteiger partial charge is 0.389 e. The molecule has 0 radical (unpaired) electrons. The molecule has 0 amide bonds. The van der Waals surface area contributed by atoms with E-state index in [-0.39, 0.29) is 10.1 Å². The van der Waals surface area contributed by atoms with E-state index in [9.17, 15) is 13.2 Å². The first-order chi connectivity index (χ1) is 9.29. The predicted molar refractivity (Wildman–Crippen MR) is 75.3 cm³/mol. The largest absolute Gasteiger partial charge is 0.452 e. The van der Waals surface area contributed by atoms with Crippen LogP contribution in [0.25, 0.3) is 0 Å². The Labute approximate surface area is 122 Å². The highest BCUT2D eigenvalue weighted by Crippen LogP contribution is 2.32. The number of hydrogen-bond acceptors (Lipinski definition) is 5. The van der Waals surface area contributed by atoms with Crippen LogP contribution < -0.4 is 10.6 Å². The van der Waals surface area contributed by atoms with Gasteiger partial charge in [-0.3, -0.25) is 0 Å². The summed E-state index contributed by atoms with van der Waals surface area (Å²) in [4.78, 5) is 5.24. The molecule has 9 heteroatoms. The number of halogens is 3. The van der Waals surface area contributed by atoms with Crippen molar-refractivity contribution >= 4 is 39.6 Å². The Balaban J connectivity index is 2.24. The van der Waals surface area contributed by atoms with Crippen molar-refractivity contribution in [1.29, 1.82) is 0 Å². The maximum absolute atomic E-state index is 12.4. The van der Waals surface area contributed by atoms with E-state index in [2.05, 4.69) is 9.36 Å². The summed E-state index contributed by atoms with van der Waals surface area (Å²) in [7, 11) is 1.61. The first-order valence-corrected chi connectivity index (χ1v) is 6.51. The molecular formula is C11H9F3N4S2. The number of benzene rings is 1. The van der Waals surface area contributed by atoms with Gasteiger partial charge in [0.05, 0.1) is 0 Å². The van der Waals surface area contributed by atoms with Gasteiger partial charge in [0.2, 0.25) is 11.0 Å². The van der Waals surface area contributed by atoms with Gasteiger partial charge in [0, 0.05) is 29.8 Å². The topological polar surface area (TPSA) is 55.0 Å². The average molecular weight is 318 g/mol. The minimum atomic E-state index is -4.54. The summed E-state index contributed by atoms with van der Waals surface area (Å²) in [6, 6.07) is 6.78. The average Bonchev–Trinajstić information content (AvgIpc) is 2.87. The van der Waals surface area contributed by atoms with Gasteiger partial charge in [0.25, 0.3) is 0 Å². The second kappa shape index (κ2) is 5.33. The van der Waals surface area contributed by atoms with Gasteiger partial charge < -0.3 is 10.6 Å². The molecule has 4 nitrogen and oxygen atoms in total. The van der Waals surface area contributed by atoms with Gasteiger partial charge in [0.1, 0.15) is 4.99 Å². The molecule has 20 heavy (non-hydrogen) atoms. The van der Waals surface area contributed by atoms with Crippen LogP contribution in [0.5, 0.6) is 0 Å². The fourth-order valence-corrected chi connectivity index (χ4v) is 2.23. The van der Waals surface area contributed by atoms with Crippen LogP contribution in [0.15, 0.2) is 24.3 Å². The minimum Gasteiger partial charge on any atom is -0.389 e. The van der Waals surface area contributed by atoms with E-state index in [0.717, 1.165) is 0 Å². The van der Waals surface area contributed by atoms with Crippen LogP contribution in [0.2, 0.25) is 0 Å². The van der Waals surface area contributed by atoms with Gasteiger partial charge in [-0.1, -0.05) is 12.2 Å². The lowest BCUT2D eigenvalue weighted by molar-refractivity contribution is -0.144. The highest BCUT2D eigenvalue weighted by Gasteiger charge is 2.36. The van der Waals surface area contributed by atoms with Gasteiger partial charge in [-0.25, -0.2) is 0 Å². The van der Waals surface area contributed by atoms with Gasteiger partial charge in [-0.15, -0.1) is 0 Å². The van der Waals surface area contributed by atoms with Crippen molar-refractivity contribution in [1.82, 2.24) is 9.36 Å². The number of nitrogens with two attached hydrogens (primary N) is 1. The van der Waals surface area contributed by atoms with Crippen LogP contribution in [-0.4, -0.2) is 21.4 Å². The molecule has 0 bridgehead atoms. The van der Waals surface area contributed by atoms with Crippen molar-refractivity contribution in [3.8, 4) is 0 Å². The molecule has 1 aromatic carbocycles. The Hall–Kier alpha value is -1.74. The molecule has 0 unspecified atom stereocenters. The first-order valence-electron chi connectivity index (χ1n) is 5.33. The molecule has 1 heterocycles. The van der Waals surface area contributed by atoms with Crippen LogP contribution in [0.3, 0.4) is 0 Å². The molecule has 106 valence electrons. The second-order valence-electron chi connectivity index (χ2n) is 3.87. The highest BCUT2D eigenvalue weighted by molar-refractivity contribution is 7.80. The summed E-state index contributed by atoms with van der Waals surface area (Å²) in [6.45, 7) is 0. The van der Waals surface area contributed by atoms with E-state index in [1.165, 1.54) is 4.90 Å². The second-order valence-corrected chi connectivity index (χ2v) is 5.04. The summed E-state index contributed by atoms with van der Waals surface area (Å²) in [5.41, 5.74) is 6.82. The third-order valence-electron chi connectivity index (χ3n) is 2.49. The molecule has 0 saturated carbocycles. The van der Waals surface area contributed by atoms with Crippen molar-refractivity contribution in [2.24, 2.45) is 5.73 Å². The van der Waals surface area contributed by atoms with E-state index < -0.39 is 12.0 Å². The van der Waals surface area contributed by atoms with Crippen molar-refractivity contribution in [3.63, 3.8) is 0 Å². The van der Waals surface area contributed by atoms with Crippen molar-refractivity contribution < 1.29 is 13.2 Å². The zero-order chi connectivity index (χ0) is 14.9. The lowest BCUT2D eigenvalue weighted by atomic mass is 10.2.